The van der Waals surface area contributed by atoms with E-state index in [1.54, 1.807) is 12.1 Å². The predicted octanol–water partition coefficient (Wildman–Crippen LogP) is 0.797. The van der Waals surface area contributed by atoms with Crippen molar-refractivity contribution < 1.29 is 14.8 Å². The number of hydrogen-bond donors (Lipinski definition) is 3. The van der Waals surface area contributed by atoms with Crippen LogP contribution >= 0.6 is 11.6 Å². The van der Waals surface area contributed by atoms with Crippen LogP contribution in [0.3, 0.4) is 0 Å². The maximum Gasteiger partial charge on any atom is 0.491 e. The molecule has 0 saturated carbocycles. The quantitative estimate of drug-likeness (QED) is 0.704. The standard InChI is InChI=1S/C11H9BClN3O3/c13-9-4-14-11(16-10(9)17)15-7-1-2-8-6(3-7)5-19-12(8)18/h1-4,18H,5H2,(H2,14,15,16,17). The fourth-order valence-corrected chi connectivity index (χ4v) is 1.95. The van der Waals surface area contributed by atoms with Gasteiger partial charge < -0.3 is 20.1 Å². The lowest BCUT2D eigenvalue weighted by molar-refractivity contribution is 0.275. The van der Waals surface area contributed by atoms with E-state index >= 15 is 0 Å². The number of nitrogens with zero attached hydrogens (tertiary/aromatic N) is 2. The molecule has 0 saturated heterocycles. The van der Waals surface area contributed by atoms with E-state index in [1.807, 2.05) is 6.07 Å². The SMILES string of the molecule is OB1OCc2cc(Nc3ncc(Cl)c(O)n3)ccc21. The molecule has 0 amide bonds. The summed E-state index contributed by atoms with van der Waals surface area (Å²) in [5, 5.41) is 21.9. The molecule has 2 aromatic rings. The van der Waals surface area contributed by atoms with Gasteiger partial charge in [-0.15, -0.1) is 0 Å². The van der Waals surface area contributed by atoms with Crippen LogP contribution in [0.5, 0.6) is 5.88 Å². The fourth-order valence-electron chi connectivity index (χ4n) is 1.86. The summed E-state index contributed by atoms with van der Waals surface area (Å²) in [7, 11) is -0.861. The molecule has 19 heavy (non-hydrogen) atoms. The number of nitrogens with one attached hydrogen (secondary N) is 1. The first-order valence-corrected chi connectivity index (χ1v) is 5.92. The Morgan fingerprint density at radius 1 is 1.42 bits per heavy atom. The van der Waals surface area contributed by atoms with E-state index in [2.05, 4.69) is 15.3 Å². The molecule has 0 unspecified atom stereocenters. The van der Waals surface area contributed by atoms with E-state index in [0.717, 1.165) is 16.7 Å². The molecule has 3 rings (SSSR count). The number of halogens is 1. The third kappa shape index (κ3) is 2.35. The van der Waals surface area contributed by atoms with Crippen LogP contribution in [-0.2, 0) is 11.3 Å². The monoisotopic (exact) mass is 277 g/mol. The Bertz CT molecular complexity index is 641. The second kappa shape index (κ2) is 4.69. The van der Waals surface area contributed by atoms with Crippen molar-refractivity contribution in [3.63, 3.8) is 0 Å². The normalized spacial score (nSPS) is 13.5. The zero-order valence-electron chi connectivity index (χ0n) is 9.67. The van der Waals surface area contributed by atoms with Crippen molar-refractivity contribution in [2.24, 2.45) is 0 Å². The Labute approximate surface area is 114 Å². The van der Waals surface area contributed by atoms with Gasteiger partial charge in [0.05, 0.1) is 12.8 Å². The van der Waals surface area contributed by atoms with Crippen LogP contribution in [0.2, 0.25) is 5.02 Å². The highest BCUT2D eigenvalue weighted by atomic mass is 35.5. The zero-order chi connectivity index (χ0) is 13.4. The van der Waals surface area contributed by atoms with Crippen molar-refractivity contribution in [3.8, 4) is 5.88 Å². The van der Waals surface area contributed by atoms with Gasteiger partial charge in [0.2, 0.25) is 11.8 Å². The maximum atomic E-state index is 9.51. The number of aromatic nitrogens is 2. The first-order valence-electron chi connectivity index (χ1n) is 5.54. The Morgan fingerprint density at radius 3 is 3.05 bits per heavy atom. The molecular formula is C11H9BClN3O3. The van der Waals surface area contributed by atoms with Gasteiger partial charge in [-0.2, -0.15) is 4.98 Å². The minimum absolute atomic E-state index is 0.0935. The van der Waals surface area contributed by atoms with Crippen molar-refractivity contribution in [2.75, 3.05) is 5.32 Å². The summed E-state index contributed by atoms with van der Waals surface area (Å²) in [6.45, 7) is 0.360. The second-order valence-electron chi connectivity index (χ2n) is 4.07. The predicted molar refractivity (Wildman–Crippen MR) is 70.8 cm³/mol. The van der Waals surface area contributed by atoms with Gasteiger partial charge in [0.25, 0.3) is 0 Å². The molecule has 1 aromatic carbocycles. The van der Waals surface area contributed by atoms with Crippen molar-refractivity contribution in [3.05, 3.63) is 35.0 Å². The number of aromatic hydroxyl groups is 1. The third-order valence-corrected chi connectivity index (χ3v) is 3.05. The van der Waals surface area contributed by atoms with E-state index < -0.39 is 7.12 Å². The van der Waals surface area contributed by atoms with E-state index in [-0.39, 0.29) is 16.9 Å². The fraction of sp³-hybridized carbons (Fsp3) is 0.0909. The van der Waals surface area contributed by atoms with Crippen molar-refractivity contribution in [2.45, 2.75) is 6.61 Å². The largest absolute Gasteiger partial charge is 0.492 e. The highest BCUT2D eigenvalue weighted by Crippen LogP contribution is 2.22. The first kappa shape index (κ1) is 12.2. The van der Waals surface area contributed by atoms with E-state index in [0.29, 0.717) is 6.61 Å². The number of anilines is 2. The third-order valence-electron chi connectivity index (χ3n) is 2.79. The minimum atomic E-state index is -0.861. The lowest BCUT2D eigenvalue weighted by Gasteiger charge is -2.07. The Morgan fingerprint density at radius 2 is 2.26 bits per heavy atom. The molecule has 1 aliphatic heterocycles. The van der Waals surface area contributed by atoms with Crippen molar-refractivity contribution in [1.29, 1.82) is 0 Å². The lowest BCUT2D eigenvalue weighted by atomic mass is 9.79. The average Bonchev–Trinajstić information content (AvgIpc) is 2.75. The van der Waals surface area contributed by atoms with E-state index in [4.69, 9.17) is 16.3 Å². The molecule has 0 atom stereocenters. The van der Waals surface area contributed by atoms with Gasteiger partial charge in [-0.1, -0.05) is 17.7 Å². The highest BCUT2D eigenvalue weighted by molar-refractivity contribution is 6.61. The zero-order valence-corrected chi connectivity index (χ0v) is 10.4. The Kier molecular flexibility index (Phi) is 3.02. The number of rotatable bonds is 2. The minimum Gasteiger partial charge on any atom is -0.492 e. The summed E-state index contributed by atoms with van der Waals surface area (Å²) < 4.78 is 5.10. The molecule has 8 heteroatoms. The van der Waals surface area contributed by atoms with Gasteiger partial charge in [0.1, 0.15) is 5.02 Å². The molecule has 0 spiro atoms. The summed E-state index contributed by atoms with van der Waals surface area (Å²) in [5.74, 6) is -0.0413. The van der Waals surface area contributed by atoms with Crippen molar-refractivity contribution in [1.82, 2.24) is 9.97 Å². The summed E-state index contributed by atoms with van der Waals surface area (Å²) in [5.41, 5.74) is 2.39. The van der Waals surface area contributed by atoms with Crippen LogP contribution in [0.4, 0.5) is 11.6 Å². The summed E-state index contributed by atoms with van der Waals surface area (Å²) >= 11 is 5.63. The topological polar surface area (TPSA) is 87.5 Å². The van der Waals surface area contributed by atoms with Crippen LogP contribution < -0.4 is 10.8 Å². The average molecular weight is 277 g/mol. The molecule has 1 aliphatic rings. The molecule has 0 aliphatic carbocycles. The van der Waals surface area contributed by atoms with E-state index in [1.165, 1.54) is 6.20 Å². The number of fused-ring (bicyclic) bond motifs is 1. The van der Waals surface area contributed by atoms with Gasteiger partial charge in [-0.25, -0.2) is 4.98 Å². The Balaban J connectivity index is 1.86. The summed E-state index contributed by atoms with van der Waals surface area (Å²) in [6, 6.07) is 5.37. The van der Waals surface area contributed by atoms with Crippen LogP contribution in [0.1, 0.15) is 5.56 Å². The maximum absolute atomic E-state index is 9.51. The molecule has 6 nitrogen and oxygen atoms in total. The summed E-state index contributed by atoms with van der Waals surface area (Å²) in [4.78, 5) is 7.75. The molecular weight excluding hydrogens is 268 g/mol. The van der Waals surface area contributed by atoms with Gasteiger partial charge in [-0.3, -0.25) is 0 Å². The van der Waals surface area contributed by atoms with Crippen LogP contribution in [0.25, 0.3) is 0 Å². The molecule has 0 fully saturated rings. The molecule has 96 valence electrons. The van der Waals surface area contributed by atoms with Gasteiger partial charge in [0, 0.05) is 5.69 Å². The van der Waals surface area contributed by atoms with Gasteiger partial charge in [0.15, 0.2) is 0 Å². The summed E-state index contributed by atoms with van der Waals surface area (Å²) in [6.07, 6.45) is 1.31. The molecule has 0 bridgehead atoms. The van der Waals surface area contributed by atoms with Crippen LogP contribution in [-0.4, -0.2) is 27.2 Å². The van der Waals surface area contributed by atoms with Crippen LogP contribution in [0.15, 0.2) is 24.4 Å². The second-order valence-corrected chi connectivity index (χ2v) is 4.47. The molecule has 0 radical (unpaired) electrons. The number of hydrogen-bond acceptors (Lipinski definition) is 6. The van der Waals surface area contributed by atoms with Crippen molar-refractivity contribution >= 4 is 35.8 Å². The highest BCUT2D eigenvalue weighted by Gasteiger charge is 2.27. The molecule has 2 heterocycles. The lowest BCUT2D eigenvalue weighted by Crippen LogP contribution is -2.27. The first-order chi connectivity index (χ1) is 9.13. The Hall–Kier alpha value is -1.83. The van der Waals surface area contributed by atoms with Gasteiger partial charge in [-0.05, 0) is 23.2 Å². The van der Waals surface area contributed by atoms with E-state index in [9.17, 15) is 10.1 Å². The smallest absolute Gasteiger partial charge is 0.491 e. The van der Waals surface area contributed by atoms with Crippen LogP contribution in [0, 0.1) is 0 Å². The number of benzene rings is 1. The molecule has 1 aromatic heterocycles. The van der Waals surface area contributed by atoms with Gasteiger partial charge >= 0.3 is 7.12 Å². The molecule has 3 N–H and O–H groups in total.